The maximum Gasteiger partial charge on any atom is 0.397 e. The molecule has 0 radical (unpaired) electrons. The van der Waals surface area contributed by atoms with Crippen molar-refractivity contribution in [2.45, 2.75) is 31.8 Å². The molecule has 2 heterocycles. The number of aromatic amines is 1. The van der Waals surface area contributed by atoms with E-state index in [1.165, 1.54) is 13.1 Å². The van der Waals surface area contributed by atoms with E-state index in [1.807, 2.05) is 0 Å². The molecule has 3 atom stereocenters. The van der Waals surface area contributed by atoms with Crippen molar-refractivity contribution in [3.63, 3.8) is 0 Å². The fourth-order valence-electron chi connectivity index (χ4n) is 2.09. The zero-order valence-electron chi connectivity index (χ0n) is 10.9. The minimum Gasteiger partial charge on any atom is -0.394 e. The molecule has 0 spiro atoms. The van der Waals surface area contributed by atoms with Gasteiger partial charge in [0, 0.05) is 18.2 Å². The Labute approximate surface area is 118 Å². The second-order valence-electron chi connectivity index (χ2n) is 4.59. The normalized spacial score (nSPS) is 26.1. The van der Waals surface area contributed by atoms with Crippen LogP contribution in [-0.4, -0.2) is 46.4 Å². The number of hydrogen-bond donors (Lipinski definition) is 3. The smallest absolute Gasteiger partial charge is 0.394 e. The number of aromatic nitrogens is 2. The highest BCUT2D eigenvalue weighted by atomic mass is 32.3. The van der Waals surface area contributed by atoms with Crippen LogP contribution in [0.3, 0.4) is 0 Å². The molecule has 1 aromatic heterocycles. The van der Waals surface area contributed by atoms with Gasteiger partial charge in [-0.15, -0.1) is 0 Å². The van der Waals surface area contributed by atoms with Gasteiger partial charge in [-0.25, -0.2) is 8.98 Å². The quantitative estimate of drug-likeness (QED) is 0.556. The molecular weight excluding hydrogens is 308 g/mol. The number of ether oxygens (including phenoxy) is 1. The van der Waals surface area contributed by atoms with Gasteiger partial charge >= 0.3 is 16.1 Å². The van der Waals surface area contributed by atoms with Crippen LogP contribution in [-0.2, 0) is 19.3 Å². The summed E-state index contributed by atoms with van der Waals surface area (Å²) in [4.78, 5) is 25.1. The average Bonchev–Trinajstić information content (AvgIpc) is 2.74. The summed E-state index contributed by atoms with van der Waals surface area (Å²) in [5.74, 6) is 0. The van der Waals surface area contributed by atoms with E-state index in [0.29, 0.717) is 0 Å². The minimum atomic E-state index is -4.72. The fourth-order valence-corrected chi connectivity index (χ4v) is 2.61. The van der Waals surface area contributed by atoms with Crippen molar-refractivity contribution < 1.29 is 27.0 Å². The molecule has 0 aliphatic carbocycles. The molecule has 1 saturated heterocycles. The molecule has 11 heteroatoms. The van der Waals surface area contributed by atoms with E-state index in [-0.39, 0.29) is 12.0 Å². The second-order valence-corrected chi connectivity index (χ2v) is 5.64. The summed E-state index contributed by atoms with van der Waals surface area (Å²) in [6.45, 7) is 0.924. The summed E-state index contributed by atoms with van der Waals surface area (Å²) in [5.41, 5.74) is -1.02. The van der Waals surface area contributed by atoms with Crippen LogP contribution in [0.25, 0.3) is 0 Å². The van der Waals surface area contributed by atoms with Gasteiger partial charge in [-0.2, -0.15) is 8.42 Å². The Balaban J connectivity index is 2.29. The lowest BCUT2D eigenvalue weighted by Gasteiger charge is -2.14. The topological polar surface area (TPSA) is 148 Å². The summed E-state index contributed by atoms with van der Waals surface area (Å²) >= 11 is 0. The lowest BCUT2D eigenvalue weighted by molar-refractivity contribution is -0.0425. The van der Waals surface area contributed by atoms with E-state index in [4.69, 9.17) is 14.4 Å². The van der Waals surface area contributed by atoms with Gasteiger partial charge in [0.1, 0.15) is 18.4 Å². The van der Waals surface area contributed by atoms with Crippen molar-refractivity contribution in [1.82, 2.24) is 9.55 Å². The molecule has 1 aliphatic rings. The zero-order valence-corrected chi connectivity index (χ0v) is 11.7. The highest BCUT2D eigenvalue weighted by Gasteiger charge is 2.39. The summed E-state index contributed by atoms with van der Waals surface area (Å²) < 4.78 is 40.9. The Morgan fingerprint density at radius 2 is 2.19 bits per heavy atom. The molecule has 10 nitrogen and oxygen atoms in total. The van der Waals surface area contributed by atoms with Gasteiger partial charge in [-0.1, -0.05) is 0 Å². The molecule has 1 fully saturated rings. The van der Waals surface area contributed by atoms with Gasteiger partial charge in [0.15, 0.2) is 0 Å². The highest BCUT2D eigenvalue weighted by molar-refractivity contribution is 7.80. The summed E-state index contributed by atoms with van der Waals surface area (Å²) in [6.07, 6.45) is -1.95. The van der Waals surface area contributed by atoms with E-state index < -0.39 is 46.7 Å². The lowest BCUT2D eigenvalue weighted by atomic mass is 10.2. The third-order valence-corrected chi connectivity index (χ3v) is 3.55. The first-order valence-electron chi connectivity index (χ1n) is 5.95. The Morgan fingerprint density at radius 3 is 2.76 bits per heavy atom. The van der Waals surface area contributed by atoms with Crippen molar-refractivity contribution in [3.8, 4) is 0 Å². The van der Waals surface area contributed by atoms with Crippen LogP contribution in [0.2, 0.25) is 0 Å². The first kappa shape index (κ1) is 15.9. The van der Waals surface area contributed by atoms with Gasteiger partial charge in [-0.3, -0.25) is 18.9 Å². The van der Waals surface area contributed by atoms with Gasteiger partial charge in [0.25, 0.3) is 5.56 Å². The molecule has 1 aliphatic heterocycles. The van der Waals surface area contributed by atoms with Crippen molar-refractivity contribution in [3.05, 3.63) is 32.6 Å². The SMILES string of the molecule is Cc1cn([C@H]2C[C@H](OS(=O)(=O)O)[C@@H](CO)O2)c(=O)[nH]c1=O. The maximum absolute atomic E-state index is 11.7. The van der Waals surface area contributed by atoms with Crippen molar-refractivity contribution in [1.29, 1.82) is 0 Å². The Kier molecular flexibility index (Phi) is 4.30. The van der Waals surface area contributed by atoms with Crippen molar-refractivity contribution >= 4 is 10.4 Å². The second kappa shape index (κ2) is 5.69. The summed E-state index contributed by atoms with van der Waals surface area (Å²) in [6, 6.07) is 0. The van der Waals surface area contributed by atoms with Crippen LogP contribution >= 0.6 is 0 Å². The number of nitrogens with zero attached hydrogens (tertiary/aromatic N) is 1. The molecule has 21 heavy (non-hydrogen) atoms. The van der Waals surface area contributed by atoms with E-state index in [0.717, 1.165) is 4.57 Å². The molecule has 0 unspecified atom stereocenters. The van der Waals surface area contributed by atoms with Crippen LogP contribution in [0, 0.1) is 6.92 Å². The largest absolute Gasteiger partial charge is 0.397 e. The molecule has 3 N–H and O–H groups in total. The predicted molar refractivity (Wildman–Crippen MR) is 68.1 cm³/mol. The van der Waals surface area contributed by atoms with Gasteiger partial charge in [0.2, 0.25) is 0 Å². The van der Waals surface area contributed by atoms with Crippen molar-refractivity contribution in [2.24, 2.45) is 0 Å². The van der Waals surface area contributed by atoms with E-state index in [1.54, 1.807) is 0 Å². The third-order valence-electron chi connectivity index (χ3n) is 3.06. The summed E-state index contributed by atoms with van der Waals surface area (Å²) in [7, 11) is -4.72. The molecule has 1 aromatic rings. The molecule has 0 aromatic carbocycles. The average molecular weight is 322 g/mol. The number of H-pyrrole nitrogens is 1. The van der Waals surface area contributed by atoms with Crippen LogP contribution in [0.4, 0.5) is 0 Å². The van der Waals surface area contributed by atoms with Crippen LogP contribution in [0.5, 0.6) is 0 Å². The zero-order chi connectivity index (χ0) is 15.8. The summed E-state index contributed by atoms with van der Waals surface area (Å²) in [5, 5.41) is 9.14. The molecule has 0 amide bonds. The fraction of sp³-hybridized carbons (Fsp3) is 0.600. The van der Waals surface area contributed by atoms with Crippen LogP contribution in [0.15, 0.2) is 15.8 Å². The van der Waals surface area contributed by atoms with Gasteiger partial charge < -0.3 is 9.84 Å². The minimum absolute atomic E-state index is 0.101. The highest BCUT2D eigenvalue weighted by Crippen LogP contribution is 2.30. The van der Waals surface area contributed by atoms with Crippen LogP contribution in [0.1, 0.15) is 18.2 Å². The number of hydrogen-bond acceptors (Lipinski definition) is 7. The monoisotopic (exact) mass is 322 g/mol. The van der Waals surface area contributed by atoms with E-state index in [2.05, 4.69) is 9.17 Å². The number of aryl methyl sites for hydroxylation is 1. The first-order valence-corrected chi connectivity index (χ1v) is 7.32. The Hall–Kier alpha value is -1.53. The lowest BCUT2D eigenvalue weighted by Crippen LogP contribution is -2.33. The van der Waals surface area contributed by atoms with Crippen LogP contribution < -0.4 is 11.2 Å². The maximum atomic E-state index is 11.7. The van der Waals surface area contributed by atoms with Gasteiger partial charge in [-0.05, 0) is 6.92 Å². The molecule has 2 rings (SSSR count). The molecular formula is C10H14N2O8S. The number of aliphatic hydroxyl groups excluding tert-OH is 1. The van der Waals surface area contributed by atoms with Gasteiger partial charge in [0.05, 0.1) is 6.61 Å². The van der Waals surface area contributed by atoms with E-state index in [9.17, 15) is 18.0 Å². The predicted octanol–water partition coefficient (Wildman–Crippen LogP) is -1.69. The Morgan fingerprint density at radius 1 is 1.52 bits per heavy atom. The van der Waals surface area contributed by atoms with Crippen molar-refractivity contribution in [2.75, 3.05) is 6.61 Å². The third kappa shape index (κ3) is 3.57. The Bertz CT molecular complexity index is 736. The standard InChI is InChI=1S/C10H14N2O8S/c1-5-3-12(10(15)11-9(5)14)8-2-6(7(4-13)19-8)20-21(16,17)18/h3,6-8,13H,2,4H2,1H3,(H,11,14,15)(H,16,17,18)/t6-,7+,8+/m0/s1. The molecule has 0 saturated carbocycles. The number of rotatable bonds is 4. The number of aliphatic hydroxyl groups is 1. The number of nitrogens with one attached hydrogen (secondary N) is 1. The first-order chi connectivity index (χ1) is 9.71. The molecule has 118 valence electrons. The van der Waals surface area contributed by atoms with E-state index >= 15 is 0 Å². The molecule has 0 bridgehead atoms.